The van der Waals surface area contributed by atoms with E-state index in [2.05, 4.69) is 17.6 Å². The van der Waals surface area contributed by atoms with Crippen molar-refractivity contribution in [2.75, 3.05) is 11.9 Å². The third-order valence-electron chi connectivity index (χ3n) is 9.09. The highest BCUT2D eigenvalue weighted by Crippen LogP contribution is 2.40. The molecular weight excluding hydrogens is 616 g/mol. The molecule has 1 unspecified atom stereocenters. The molecular formula is C35H38N6O7. The standard InChI is InChI=1S/C35H38N6O7/c1-3-22-23-14-21(47-17-19-7-9-20(10-8-19)39-31(42)27(36)6-5-13-38-34(37)45)11-12-28(23)40-30-24(22)16-41-29(30)15-26-25(32(41)43)18-48-33(44)35(26,46)4-2/h7-12,14-15,27,46H,3-6,13,16-18,36H2,1-2H3,(H,39,42)(H3,37,38,45)/t27?,35-/m0/s1. The van der Waals surface area contributed by atoms with E-state index in [-0.39, 0.29) is 24.5 Å². The van der Waals surface area contributed by atoms with Crippen molar-refractivity contribution in [3.05, 3.63) is 86.7 Å². The van der Waals surface area contributed by atoms with Gasteiger partial charge in [-0.15, -0.1) is 0 Å². The molecule has 2 aromatic heterocycles. The predicted molar refractivity (Wildman–Crippen MR) is 178 cm³/mol. The van der Waals surface area contributed by atoms with Gasteiger partial charge in [0.2, 0.25) is 5.91 Å². The van der Waals surface area contributed by atoms with Gasteiger partial charge in [0, 0.05) is 28.7 Å². The number of nitrogens with zero attached hydrogens (tertiary/aromatic N) is 2. The number of fused-ring (bicyclic) bond motifs is 5. The van der Waals surface area contributed by atoms with Gasteiger partial charge in [0.05, 0.1) is 35.1 Å². The number of pyridine rings is 2. The van der Waals surface area contributed by atoms with E-state index in [1.54, 1.807) is 29.7 Å². The number of cyclic esters (lactones) is 1. The maximum atomic E-state index is 13.6. The van der Waals surface area contributed by atoms with Crippen molar-refractivity contribution in [3.63, 3.8) is 0 Å². The molecule has 250 valence electrons. The van der Waals surface area contributed by atoms with Crippen LogP contribution in [-0.2, 0) is 46.1 Å². The van der Waals surface area contributed by atoms with Crippen molar-refractivity contribution in [2.45, 2.75) is 70.9 Å². The average Bonchev–Trinajstić information content (AvgIpc) is 3.45. The lowest BCUT2D eigenvalue weighted by molar-refractivity contribution is -0.172. The molecule has 0 radical (unpaired) electrons. The van der Waals surface area contributed by atoms with Crippen LogP contribution in [0.3, 0.4) is 0 Å². The molecule has 6 rings (SSSR count). The molecule has 0 saturated carbocycles. The minimum Gasteiger partial charge on any atom is -0.489 e. The Labute approximate surface area is 276 Å². The van der Waals surface area contributed by atoms with Crippen LogP contribution in [0.2, 0.25) is 0 Å². The minimum atomic E-state index is -1.88. The van der Waals surface area contributed by atoms with Crippen LogP contribution >= 0.6 is 0 Å². The number of carbonyl (C=O) groups is 3. The Bertz CT molecular complexity index is 1990. The van der Waals surface area contributed by atoms with Crippen LogP contribution in [0.1, 0.15) is 60.9 Å². The first-order chi connectivity index (χ1) is 23.0. The highest BCUT2D eigenvalue weighted by Gasteiger charge is 2.45. The lowest BCUT2D eigenvalue weighted by atomic mass is 9.86. The molecule has 0 fully saturated rings. The van der Waals surface area contributed by atoms with E-state index in [9.17, 15) is 24.3 Å². The van der Waals surface area contributed by atoms with Crippen LogP contribution in [0.4, 0.5) is 10.5 Å². The van der Waals surface area contributed by atoms with E-state index in [1.165, 1.54) is 0 Å². The number of esters is 1. The highest BCUT2D eigenvalue weighted by molar-refractivity contribution is 5.94. The fraction of sp³-hybridized carbons (Fsp3) is 0.343. The van der Waals surface area contributed by atoms with Gasteiger partial charge in [-0.05, 0) is 73.2 Å². The Kier molecular flexibility index (Phi) is 8.91. The Morgan fingerprint density at radius 2 is 1.90 bits per heavy atom. The summed E-state index contributed by atoms with van der Waals surface area (Å²) in [5.74, 6) is -0.416. The molecule has 0 saturated heterocycles. The number of anilines is 1. The Morgan fingerprint density at radius 3 is 2.60 bits per heavy atom. The average molecular weight is 655 g/mol. The summed E-state index contributed by atoms with van der Waals surface area (Å²) in [6.45, 7) is 4.53. The number of hydrogen-bond donors (Lipinski definition) is 5. The summed E-state index contributed by atoms with van der Waals surface area (Å²) in [5, 5.41) is 17.4. The number of nitrogens with two attached hydrogens (primary N) is 2. The maximum Gasteiger partial charge on any atom is 0.343 e. The zero-order valence-corrected chi connectivity index (χ0v) is 26.8. The third kappa shape index (κ3) is 5.98. The van der Waals surface area contributed by atoms with E-state index in [0.29, 0.717) is 72.9 Å². The van der Waals surface area contributed by atoms with E-state index >= 15 is 0 Å². The van der Waals surface area contributed by atoms with Gasteiger partial charge in [0.1, 0.15) is 19.0 Å². The second kappa shape index (κ2) is 13.1. The van der Waals surface area contributed by atoms with Crippen LogP contribution in [0.25, 0.3) is 22.3 Å². The third-order valence-corrected chi connectivity index (χ3v) is 9.09. The van der Waals surface area contributed by atoms with Gasteiger partial charge in [-0.1, -0.05) is 26.0 Å². The molecule has 3 amide bonds. The molecule has 2 aliphatic heterocycles. The van der Waals surface area contributed by atoms with Gasteiger partial charge in [-0.3, -0.25) is 9.59 Å². The zero-order valence-electron chi connectivity index (χ0n) is 26.8. The number of urea groups is 1. The maximum absolute atomic E-state index is 13.6. The number of aryl methyl sites for hydroxylation is 1. The number of primary amides is 1. The van der Waals surface area contributed by atoms with Crippen molar-refractivity contribution in [2.24, 2.45) is 11.5 Å². The number of rotatable bonds is 11. The first-order valence-electron chi connectivity index (χ1n) is 16.0. The molecule has 2 aromatic carbocycles. The fourth-order valence-electron chi connectivity index (χ4n) is 6.39. The molecule has 0 bridgehead atoms. The topological polar surface area (TPSA) is 201 Å². The van der Waals surface area contributed by atoms with Gasteiger partial charge in [-0.25, -0.2) is 14.6 Å². The van der Waals surface area contributed by atoms with Crippen molar-refractivity contribution in [3.8, 4) is 17.1 Å². The van der Waals surface area contributed by atoms with Crippen molar-refractivity contribution in [1.82, 2.24) is 14.9 Å². The summed E-state index contributed by atoms with van der Waals surface area (Å²) >= 11 is 0. The van der Waals surface area contributed by atoms with Gasteiger partial charge in [0.15, 0.2) is 5.60 Å². The molecule has 2 atom stereocenters. The molecule has 48 heavy (non-hydrogen) atoms. The lowest BCUT2D eigenvalue weighted by Gasteiger charge is -2.31. The van der Waals surface area contributed by atoms with Crippen LogP contribution in [0.5, 0.6) is 5.75 Å². The molecule has 7 N–H and O–H groups in total. The largest absolute Gasteiger partial charge is 0.489 e. The first kappa shape index (κ1) is 32.7. The predicted octanol–water partition coefficient (Wildman–Crippen LogP) is 2.94. The molecule has 13 heteroatoms. The summed E-state index contributed by atoms with van der Waals surface area (Å²) in [7, 11) is 0. The molecule has 4 heterocycles. The minimum absolute atomic E-state index is 0.0815. The van der Waals surface area contributed by atoms with Gasteiger partial charge in [0.25, 0.3) is 5.56 Å². The molecule has 13 nitrogen and oxygen atoms in total. The Morgan fingerprint density at radius 1 is 1.12 bits per heavy atom. The van der Waals surface area contributed by atoms with E-state index in [1.807, 2.05) is 30.3 Å². The lowest BCUT2D eigenvalue weighted by Crippen LogP contribution is -2.44. The number of carbonyl (C=O) groups excluding carboxylic acids is 3. The Hall–Kier alpha value is -5.27. The number of hydrogen-bond acceptors (Lipinski definition) is 9. The summed E-state index contributed by atoms with van der Waals surface area (Å²) < 4.78 is 13.0. The van der Waals surface area contributed by atoms with Crippen molar-refractivity contribution < 1.29 is 29.0 Å². The number of benzene rings is 2. The Balaban J connectivity index is 1.17. The van der Waals surface area contributed by atoms with E-state index in [0.717, 1.165) is 27.6 Å². The summed E-state index contributed by atoms with van der Waals surface area (Å²) in [6, 6.07) is 13.3. The molecule has 0 spiro atoms. The van der Waals surface area contributed by atoms with Crippen molar-refractivity contribution in [1.29, 1.82) is 0 Å². The number of nitrogens with one attached hydrogen (secondary N) is 2. The first-order valence-corrected chi connectivity index (χ1v) is 16.0. The van der Waals surface area contributed by atoms with Crippen LogP contribution < -0.4 is 32.4 Å². The van der Waals surface area contributed by atoms with Gasteiger partial charge in [-0.2, -0.15) is 0 Å². The highest BCUT2D eigenvalue weighted by atomic mass is 16.6. The number of aliphatic hydroxyl groups is 1. The smallest absolute Gasteiger partial charge is 0.343 e. The monoisotopic (exact) mass is 654 g/mol. The zero-order chi connectivity index (χ0) is 34.2. The number of aromatic nitrogens is 2. The SMILES string of the molecule is CCc1c2c(nc3ccc(OCc4ccc(NC(=O)C(N)CCCNC(N)=O)cc4)cc13)-c1cc3c(c(=O)n1C2)COC(=O)[C@]3(O)CC. The molecule has 0 aliphatic carbocycles. The summed E-state index contributed by atoms with van der Waals surface area (Å²) in [5.41, 5.74) is 14.9. The molecule has 4 aromatic rings. The number of ether oxygens (including phenoxy) is 2. The molecule has 2 aliphatic rings. The van der Waals surface area contributed by atoms with Gasteiger partial charge >= 0.3 is 12.0 Å². The normalized spacial score (nSPS) is 16.8. The second-order valence-electron chi connectivity index (χ2n) is 12.1. The quantitative estimate of drug-likeness (QED) is 0.105. The fourth-order valence-corrected chi connectivity index (χ4v) is 6.39. The summed E-state index contributed by atoms with van der Waals surface area (Å²) in [4.78, 5) is 54.2. The van der Waals surface area contributed by atoms with Crippen LogP contribution in [-0.4, -0.2) is 45.2 Å². The van der Waals surface area contributed by atoms with Gasteiger partial charge < -0.3 is 41.2 Å². The van der Waals surface area contributed by atoms with E-state index in [4.69, 9.17) is 25.9 Å². The second-order valence-corrected chi connectivity index (χ2v) is 12.1. The van der Waals surface area contributed by atoms with Crippen molar-refractivity contribution >= 4 is 34.5 Å². The van der Waals surface area contributed by atoms with E-state index < -0.39 is 23.6 Å². The summed E-state index contributed by atoms with van der Waals surface area (Å²) in [6.07, 6.45) is 1.70. The van der Waals surface area contributed by atoms with Crippen LogP contribution in [0, 0.1) is 0 Å². The van der Waals surface area contributed by atoms with Crippen LogP contribution in [0.15, 0.2) is 53.3 Å². The number of amides is 3.